The summed E-state index contributed by atoms with van der Waals surface area (Å²) in [7, 11) is 0. The summed E-state index contributed by atoms with van der Waals surface area (Å²) in [6, 6.07) is -0.0559. The number of hydrogen-bond acceptors (Lipinski definition) is 2. The molecule has 0 aromatic heterocycles. The first kappa shape index (κ1) is 15.0. The molecule has 0 radical (unpaired) electrons. The molecule has 1 rings (SSSR count). The van der Waals surface area contributed by atoms with Gasteiger partial charge in [0.15, 0.2) is 0 Å². The normalized spacial score (nSPS) is 19.4. The predicted octanol–water partition coefficient (Wildman–Crippen LogP) is 2.57. The summed E-state index contributed by atoms with van der Waals surface area (Å²) >= 11 is 0. The summed E-state index contributed by atoms with van der Waals surface area (Å²) in [6.45, 7) is 3.83. The highest BCUT2D eigenvalue weighted by molar-refractivity contribution is 5.78. The zero-order valence-corrected chi connectivity index (χ0v) is 11.4. The van der Waals surface area contributed by atoms with E-state index >= 15 is 0 Å². The van der Waals surface area contributed by atoms with Crippen molar-refractivity contribution in [3.8, 4) is 0 Å². The molecule has 0 aliphatic heterocycles. The lowest BCUT2D eigenvalue weighted by Gasteiger charge is -2.19. The lowest BCUT2D eigenvalue weighted by Crippen LogP contribution is -2.37. The molecule has 1 fully saturated rings. The SMILES string of the molecule is CC(CCC(=O)O)NC(=O)C(C)CC1CCCC1. The van der Waals surface area contributed by atoms with Crippen molar-refractivity contribution >= 4 is 11.9 Å². The van der Waals surface area contributed by atoms with E-state index in [1.165, 1.54) is 25.7 Å². The number of aliphatic carboxylic acids is 1. The number of carboxylic acids is 1. The average Bonchev–Trinajstić information content (AvgIpc) is 2.79. The zero-order valence-electron chi connectivity index (χ0n) is 11.4. The highest BCUT2D eigenvalue weighted by atomic mass is 16.4. The topological polar surface area (TPSA) is 66.4 Å². The van der Waals surface area contributed by atoms with Crippen LogP contribution in [0.3, 0.4) is 0 Å². The minimum absolute atomic E-state index is 0.0420. The minimum Gasteiger partial charge on any atom is -0.481 e. The number of carboxylic acid groups (broad SMARTS) is 1. The van der Waals surface area contributed by atoms with Crippen LogP contribution in [0.15, 0.2) is 0 Å². The molecule has 1 aliphatic rings. The van der Waals surface area contributed by atoms with Crippen LogP contribution < -0.4 is 5.32 Å². The Kier molecular flexibility index (Phi) is 6.16. The molecule has 2 unspecified atom stereocenters. The van der Waals surface area contributed by atoms with E-state index in [0.717, 1.165) is 6.42 Å². The molecule has 1 amide bonds. The Morgan fingerprint density at radius 2 is 1.89 bits per heavy atom. The van der Waals surface area contributed by atoms with Gasteiger partial charge in [0.1, 0.15) is 0 Å². The van der Waals surface area contributed by atoms with E-state index in [2.05, 4.69) is 5.32 Å². The lowest BCUT2D eigenvalue weighted by molar-refractivity contribution is -0.137. The average molecular weight is 255 g/mol. The van der Waals surface area contributed by atoms with Crippen LogP contribution in [0.2, 0.25) is 0 Å². The van der Waals surface area contributed by atoms with Crippen LogP contribution in [0.25, 0.3) is 0 Å². The molecule has 0 spiro atoms. The molecule has 0 heterocycles. The largest absolute Gasteiger partial charge is 0.481 e. The Labute approximate surface area is 109 Å². The van der Waals surface area contributed by atoms with Crippen molar-refractivity contribution in [3.63, 3.8) is 0 Å². The molecule has 4 heteroatoms. The summed E-state index contributed by atoms with van der Waals surface area (Å²) in [5.41, 5.74) is 0. The molecule has 1 aliphatic carbocycles. The number of carbonyl (C=O) groups excluding carboxylic acids is 1. The van der Waals surface area contributed by atoms with E-state index in [4.69, 9.17) is 5.11 Å². The van der Waals surface area contributed by atoms with Crippen LogP contribution in [0.4, 0.5) is 0 Å². The van der Waals surface area contributed by atoms with E-state index in [0.29, 0.717) is 12.3 Å². The molecule has 2 N–H and O–H groups in total. The van der Waals surface area contributed by atoms with Crippen LogP contribution in [0, 0.1) is 11.8 Å². The van der Waals surface area contributed by atoms with E-state index in [1.54, 1.807) is 0 Å². The molecule has 18 heavy (non-hydrogen) atoms. The fraction of sp³-hybridized carbons (Fsp3) is 0.857. The van der Waals surface area contributed by atoms with Crippen molar-refractivity contribution in [1.82, 2.24) is 5.32 Å². The van der Waals surface area contributed by atoms with Crippen molar-refractivity contribution in [2.75, 3.05) is 0 Å². The Morgan fingerprint density at radius 3 is 2.44 bits per heavy atom. The van der Waals surface area contributed by atoms with Gasteiger partial charge in [-0.1, -0.05) is 32.6 Å². The van der Waals surface area contributed by atoms with Crippen molar-refractivity contribution in [2.24, 2.45) is 11.8 Å². The van der Waals surface area contributed by atoms with E-state index in [-0.39, 0.29) is 24.3 Å². The van der Waals surface area contributed by atoms with Gasteiger partial charge in [-0.05, 0) is 25.7 Å². The van der Waals surface area contributed by atoms with Gasteiger partial charge in [0.05, 0.1) is 0 Å². The Morgan fingerprint density at radius 1 is 1.28 bits per heavy atom. The second-order valence-corrected chi connectivity index (χ2v) is 5.63. The summed E-state index contributed by atoms with van der Waals surface area (Å²) in [5.74, 6) is 0.00958. The maximum absolute atomic E-state index is 11.9. The summed E-state index contributed by atoms with van der Waals surface area (Å²) < 4.78 is 0. The second-order valence-electron chi connectivity index (χ2n) is 5.63. The highest BCUT2D eigenvalue weighted by Crippen LogP contribution is 2.30. The van der Waals surface area contributed by atoms with Crippen molar-refractivity contribution in [3.05, 3.63) is 0 Å². The number of nitrogens with one attached hydrogen (secondary N) is 1. The van der Waals surface area contributed by atoms with Crippen LogP contribution in [0.1, 0.15) is 58.8 Å². The van der Waals surface area contributed by atoms with Crippen molar-refractivity contribution in [1.29, 1.82) is 0 Å². The Bertz CT molecular complexity index is 285. The highest BCUT2D eigenvalue weighted by Gasteiger charge is 2.22. The first-order chi connectivity index (χ1) is 8.49. The minimum atomic E-state index is -0.810. The van der Waals surface area contributed by atoms with Crippen LogP contribution in [0.5, 0.6) is 0 Å². The van der Waals surface area contributed by atoms with Crippen LogP contribution in [-0.2, 0) is 9.59 Å². The first-order valence-corrected chi connectivity index (χ1v) is 7.01. The molecular weight excluding hydrogens is 230 g/mol. The Balaban J connectivity index is 2.23. The molecule has 104 valence electrons. The van der Waals surface area contributed by atoms with Gasteiger partial charge in [-0.2, -0.15) is 0 Å². The maximum Gasteiger partial charge on any atom is 0.303 e. The molecule has 0 aromatic carbocycles. The number of hydrogen-bond donors (Lipinski definition) is 2. The Hall–Kier alpha value is -1.06. The smallest absolute Gasteiger partial charge is 0.303 e. The third-order valence-electron chi connectivity index (χ3n) is 3.79. The lowest BCUT2D eigenvalue weighted by atomic mass is 9.94. The third-order valence-corrected chi connectivity index (χ3v) is 3.79. The third kappa shape index (κ3) is 5.52. The van der Waals surface area contributed by atoms with Gasteiger partial charge >= 0.3 is 5.97 Å². The van der Waals surface area contributed by atoms with Gasteiger partial charge in [0.25, 0.3) is 0 Å². The first-order valence-electron chi connectivity index (χ1n) is 7.01. The van der Waals surface area contributed by atoms with E-state index < -0.39 is 5.97 Å². The standard InChI is InChI=1S/C14H25NO3/c1-10(9-12-5-3-4-6-12)14(18)15-11(2)7-8-13(16)17/h10-12H,3-9H2,1-2H3,(H,15,18)(H,16,17). The fourth-order valence-corrected chi connectivity index (χ4v) is 2.65. The monoisotopic (exact) mass is 255 g/mol. The van der Waals surface area contributed by atoms with Gasteiger partial charge in [-0.3, -0.25) is 9.59 Å². The van der Waals surface area contributed by atoms with Gasteiger partial charge in [0.2, 0.25) is 5.91 Å². The van der Waals surface area contributed by atoms with Gasteiger partial charge in [0, 0.05) is 18.4 Å². The number of amides is 1. The molecule has 0 bridgehead atoms. The van der Waals surface area contributed by atoms with E-state index in [9.17, 15) is 9.59 Å². The predicted molar refractivity (Wildman–Crippen MR) is 70.2 cm³/mol. The van der Waals surface area contributed by atoms with E-state index in [1.807, 2.05) is 13.8 Å². The quantitative estimate of drug-likeness (QED) is 0.734. The van der Waals surface area contributed by atoms with Gasteiger partial charge in [-0.25, -0.2) is 0 Å². The molecule has 0 saturated heterocycles. The summed E-state index contributed by atoms with van der Waals surface area (Å²) in [4.78, 5) is 22.4. The molecule has 4 nitrogen and oxygen atoms in total. The van der Waals surface area contributed by atoms with Crippen LogP contribution in [-0.4, -0.2) is 23.0 Å². The van der Waals surface area contributed by atoms with Crippen molar-refractivity contribution < 1.29 is 14.7 Å². The molecule has 0 aromatic rings. The van der Waals surface area contributed by atoms with Crippen molar-refractivity contribution in [2.45, 2.75) is 64.8 Å². The van der Waals surface area contributed by atoms with Gasteiger partial charge in [-0.15, -0.1) is 0 Å². The zero-order chi connectivity index (χ0) is 13.5. The number of carbonyl (C=O) groups is 2. The number of rotatable bonds is 7. The molecule has 1 saturated carbocycles. The second kappa shape index (κ2) is 7.39. The summed E-state index contributed by atoms with van der Waals surface area (Å²) in [5, 5.41) is 11.5. The molecule has 2 atom stereocenters. The molecular formula is C14H25NO3. The fourth-order valence-electron chi connectivity index (χ4n) is 2.65. The maximum atomic E-state index is 11.9. The van der Waals surface area contributed by atoms with Crippen LogP contribution >= 0.6 is 0 Å². The van der Waals surface area contributed by atoms with Gasteiger partial charge < -0.3 is 10.4 Å². The summed E-state index contributed by atoms with van der Waals surface area (Å²) in [6.07, 6.45) is 6.69.